The van der Waals surface area contributed by atoms with Crippen LogP contribution in [0.25, 0.3) is 11.0 Å². The summed E-state index contributed by atoms with van der Waals surface area (Å²) < 4.78 is 2.23. The van der Waals surface area contributed by atoms with Crippen LogP contribution in [0.15, 0.2) is 37.2 Å². The number of anilines is 1. The minimum absolute atomic E-state index is 0.0430. The van der Waals surface area contributed by atoms with Gasteiger partial charge < -0.3 is 9.67 Å². The van der Waals surface area contributed by atoms with Gasteiger partial charge in [0.1, 0.15) is 17.6 Å². The van der Waals surface area contributed by atoms with Gasteiger partial charge in [-0.25, -0.2) is 15.0 Å². The lowest BCUT2D eigenvalue weighted by Gasteiger charge is -2.44. The Bertz CT molecular complexity index is 1150. The Balaban J connectivity index is 1.35. The first kappa shape index (κ1) is 21.0. The van der Waals surface area contributed by atoms with Gasteiger partial charge in [0.25, 0.3) is 0 Å². The summed E-state index contributed by atoms with van der Waals surface area (Å²) in [6, 6.07) is 2.06. The molecule has 2 aliphatic rings. The van der Waals surface area contributed by atoms with Gasteiger partial charge in [-0.1, -0.05) is 13.3 Å². The number of carbonyl (C=O) groups excluding carboxylic acids is 1. The molecule has 3 aromatic heterocycles. The number of aliphatic hydroxyl groups is 1. The number of fused-ring (bicyclic) bond motifs is 1. The third kappa shape index (κ3) is 3.77. The van der Waals surface area contributed by atoms with E-state index >= 15 is 0 Å². The molecule has 0 unspecified atom stereocenters. The molecule has 0 bridgehead atoms. The highest BCUT2D eigenvalue weighted by atomic mass is 16.3. The molecule has 1 N–H and O–H groups in total. The predicted octanol–water partition coefficient (Wildman–Crippen LogP) is 3.45. The van der Waals surface area contributed by atoms with Crippen molar-refractivity contribution in [3.05, 3.63) is 42.9 Å². The van der Waals surface area contributed by atoms with Crippen LogP contribution in [-0.4, -0.2) is 42.1 Å². The first-order valence-corrected chi connectivity index (χ1v) is 11.3. The van der Waals surface area contributed by atoms with Gasteiger partial charge in [-0.3, -0.25) is 14.7 Å². The molecule has 1 spiro atoms. The summed E-state index contributed by atoms with van der Waals surface area (Å²) in [7, 11) is 0. The van der Waals surface area contributed by atoms with Crippen LogP contribution in [-0.2, 0) is 16.9 Å². The molecular formula is C24H30N6O2. The summed E-state index contributed by atoms with van der Waals surface area (Å²) in [5.41, 5.74) is 0.448. The number of amides is 1. The second kappa shape index (κ2) is 7.33. The Labute approximate surface area is 187 Å². The summed E-state index contributed by atoms with van der Waals surface area (Å²) >= 11 is 0. The molecule has 1 saturated carbocycles. The van der Waals surface area contributed by atoms with E-state index in [2.05, 4.69) is 43.7 Å². The van der Waals surface area contributed by atoms with Crippen LogP contribution in [0.3, 0.4) is 0 Å². The summed E-state index contributed by atoms with van der Waals surface area (Å²) in [6.45, 7) is 7.24. The van der Waals surface area contributed by atoms with Crippen molar-refractivity contribution in [2.24, 2.45) is 10.8 Å². The van der Waals surface area contributed by atoms with Crippen molar-refractivity contribution in [2.75, 3.05) is 11.4 Å². The van der Waals surface area contributed by atoms with E-state index in [1.54, 1.807) is 37.5 Å². The van der Waals surface area contributed by atoms with E-state index in [9.17, 15) is 9.90 Å². The molecule has 5 rings (SSSR count). The Morgan fingerprint density at radius 1 is 1.16 bits per heavy atom. The lowest BCUT2D eigenvalue weighted by molar-refractivity contribution is -0.118. The van der Waals surface area contributed by atoms with E-state index in [4.69, 9.17) is 0 Å². The average molecular weight is 435 g/mol. The second-order valence-corrected chi connectivity index (χ2v) is 10.6. The van der Waals surface area contributed by atoms with Gasteiger partial charge in [0.2, 0.25) is 5.91 Å². The zero-order valence-electron chi connectivity index (χ0n) is 19.0. The molecule has 168 valence electrons. The summed E-state index contributed by atoms with van der Waals surface area (Å²) in [6.07, 6.45) is 13.5. The number of carbonyl (C=O) groups is 1. The molecule has 4 heterocycles. The number of rotatable bonds is 4. The first-order chi connectivity index (χ1) is 15.2. The Morgan fingerprint density at radius 2 is 2.00 bits per heavy atom. The van der Waals surface area contributed by atoms with Crippen LogP contribution >= 0.6 is 0 Å². The van der Waals surface area contributed by atoms with Gasteiger partial charge in [-0.15, -0.1) is 0 Å². The Kier molecular flexibility index (Phi) is 4.81. The maximum atomic E-state index is 13.0. The van der Waals surface area contributed by atoms with Crippen LogP contribution < -0.4 is 4.90 Å². The van der Waals surface area contributed by atoms with Crippen LogP contribution in [0, 0.1) is 10.8 Å². The minimum atomic E-state index is -1.06. The molecule has 1 saturated heterocycles. The fourth-order valence-corrected chi connectivity index (χ4v) is 5.75. The van der Waals surface area contributed by atoms with Gasteiger partial charge >= 0.3 is 0 Å². The smallest absolute Gasteiger partial charge is 0.228 e. The van der Waals surface area contributed by atoms with Gasteiger partial charge in [-0.2, -0.15) is 0 Å². The lowest BCUT2D eigenvalue weighted by atomic mass is 9.62. The van der Waals surface area contributed by atoms with Crippen molar-refractivity contribution >= 4 is 22.8 Å². The number of nitrogens with zero attached hydrogens (tertiary/aromatic N) is 6. The topological polar surface area (TPSA) is 97.0 Å². The summed E-state index contributed by atoms with van der Waals surface area (Å²) in [4.78, 5) is 32.2. The summed E-state index contributed by atoms with van der Waals surface area (Å²) in [5.74, 6) is 0.680. The fourth-order valence-electron chi connectivity index (χ4n) is 5.75. The van der Waals surface area contributed by atoms with E-state index in [0.29, 0.717) is 24.5 Å². The molecule has 0 radical (unpaired) electrons. The van der Waals surface area contributed by atoms with Crippen LogP contribution in [0.1, 0.15) is 58.6 Å². The Hall–Kier alpha value is -2.87. The molecule has 8 heteroatoms. The van der Waals surface area contributed by atoms with E-state index < -0.39 is 5.60 Å². The molecule has 2 atom stereocenters. The first-order valence-electron chi connectivity index (χ1n) is 11.3. The molecule has 0 aromatic carbocycles. The maximum absolute atomic E-state index is 13.0. The van der Waals surface area contributed by atoms with Gasteiger partial charge in [0.05, 0.1) is 18.1 Å². The van der Waals surface area contributed by atoms with Crippen LogP contribution in [0.5, 0.6) is 0 Å². The number of aromatic nitrogens is 5. The number of hydrogen-bond donors (Lipinski definition) is 1. The largest absolute Gasteiger partial charge is 0.384 e. The van der Waals surface area contributed by atoms with Gasteiger partial charge in [-0.05, 0) is 50.0 Å². The van der Waals surface area contributed by atoms with Crippen molar-refractivity contribution in [3.8, 4) is 0 Å². The fraction of sp³-hybridized carbons (Fsp3) is 0.542. The van der Waals surface area contributed by atoms with E-state index in [1.165, 1.54) is 0 Å². The summed E-state index contributed by atoms with van der Waals surface area (Å²) in [5, 5.41) is 11.2. The minimum Gasteiger partial charge on any atom is -0.384 e. The predicted molar refractivity (Wildman–Crippen MR) is 121 cm³/mol. The molecule has 1 aliphatic heterocycles. The zero-order valence-corrected chi connectivity index (χ0v) is 19.0. The molecule has 2 fully saturated rings. The number of hydrogen-bond acceptors (Lipinski definition) is 6. The third-order valence-corrected chi connectivity index (χ3v) is 7.13. The van der Waals surface area contributed by atoms with Crippen molar-refractivity contribution < 1.29 is 9.90 Å². The standard InChI is InChI=1S/C24H30N6O2/c1-22(2,32)18-11-27-19(12-26-18)30-15-24(9-20(30)31)7-4-6-23(3,13-24)14-29-8-5-17-10-25-16-28-21(17)29/h5,8,10-12,16,32H,4,6-7,9,13-15H2,1-3H3/t23-,24-/m0/s1. The molecule has 8 nitrogen and oxygen atoms in total. The Morgan fingerprint density at radius 3 is 2.75 bits per heavy atom. The van der Waals surface area contributed by atoms with Crippen molar-refractivity contribution in [2.45, 2.75) is 65.0 Å². The molecule has 3 aromatic rings. The van der Waals surface area contributed by atoms with Gasteiger partial charge in [0.15, 0.2) is 5.82 Å². The highest BCUT2D eigenvalue weighted by Crippen LogP contribution is 2.52. The highest BCUT2D eigenvalue weighted by molar-refractivity contribution is 5.95. The average Bonchev–Trinajstić information content (AvgIpc) is 3.28. The molecular weight excluding hydrogens is 404 g/mol. The third-order valence-electron chi connectivity index (χ3n) is 7.13. The quantitative estimate of drug-likeness (QED) is 0.675. The highest BCUT2D eigenvalue weighted by Gasteiger charge is 2.50. The van der Waals surface area contributed by atoms with Crippen molar-refractivity contribution in [1.82, 2.24) is 24.5 Å². The second-order valence-electron chi connectivity index (χ2n) is 10.6. The van der Waals surface area contributed by atoms with Crippen LogP contribution in [0.2, 0.25) is 0 Å². The van der Waals surface area contributed by atoms with E-state index in [-0.39, 0.29) is 16.7 Å². The van der Waals surface area contributed by atoms with E-state index in [0.717, 1.165) is 43.3 Å². The van der Waals surface area contributed by atoms with E-state index in [1.807, 2.05) is 6.20 Å². The normalized spacial score (nSPS) is 26.4. The molecule has 32 heavy (non-hydrogen) atoms. The lowest BCUT2D eigenvalue weighted by Crippen LogP contribution is -2.39. The van der Waals surface area contributed by atoms with Crippen LogP contribution in [0.4, 0.5) is 5.82 Å². The monoisotopic (exact) mass is 434 g/mol. The maximum Gasteiger partial charge on any atom is 0.228 e. The van der Waals surface area contributed by atoms with Crippen molar-refractivity contribution in [3.63, 3.8) is 0 Å². The van der Waals surface area contributed by atoms with Crippen molar-refractivity contribution in [1.29, 1.82) is 0 Å². The zero-order chi connectivity index (χ0) is 22.6. The SMILES string of the molecule is CC(C)(O)c1cnc(N2C[C@@]3(CCC[C@](C)(Cn4ccc5cncnc54)C3)CC2=O)cn1. The molecule has 1 amide bonds. The molecule has 1 aliphatic carbocycles. The van der Waals surface area contributed by atoms with Gasteiger partial charge in [0, 0.05) is 37.3 Å².